The van der Waals surface area contributed by atoms with E-state index in [1.807, 2.05) is 13.0 Å². The van der Waals surface area contributed by atoms with Crippen LogP contribution in [0.5, 0.6) is 5.75 Å². The molecule has 178 valence electrons. The number of ether oxygens (including phenoxy) is 1. The SMILES string of the molecule is CCOc1ccc(-n2c(SCC(=O)NN=Cc3cccc(Cl)c3Cl)nc3ccccc3c2=O)cc1. The number of carbonyl (C=O) groups excluding carboxylic acids is 1. The molecule has 0 saturated heterocycles. The lowest BCUT2D eigenvalue weighted by Gasteiger charge is -2.13. The van der Waals surface area contributed by atoms with E-state index in [-0.39, 0.29) is 17.2 Å². The van der Waals surface area contributed by atoms with E-state index in [0.717, 1.165) is 11.8 Å². The van der Waals surface area contributed by atoms with Gasteiger partial charge in [-0.1, -0.05) is 59.2 Å². The van der Waals surface area contributed by atoms with E-state index in [0.29, 0.717) is 49.7 Å². The van der Waals surface area contributed by atoms with Crippen molar-refractivity contribution in [3.8, 4) is 11.4 Å². The zero-order chi connectivity index (χ0) is 24.8. The van der Waals surface area contributed by atoms with Crippen molar-refractivity contribution >= 4 is 58.0 Å². The summed E-state index contributed by atoms with van der Waals surface area (Å²) in [4.78, 5) is 30.4. The van der Waals surface area contributed by atoms with Crippen LogP contribution in [0.3, 0.4) is 0 Å². The molecular formula is C25H20Cl2N4O3S. The second-order valence-electron chi connectivity index (χ2n) is 7.20. The number of aromatic nitrogens is 2. The van der Waals surface area contributed by atoms with Crippen LogP contribution in [0.4, 0.5) is 0 Å². The van der Waals surface area contributed by atoms with E-state index < -0.39 is 0 Å². The minimum Gasteiger partial charge on any atom is -0.494 e. The summed E-state index contributed by atoms with van der Waals surface area (Å²) in [5.41, 5.74) is 3.98. The highest BCUT2D eigenvalue weighted by Gasteiger charge is 2.15. The Labute approximate surface area is 215 Å². The number of thioether (sulfide) groups is 1. The van der Waals surface area contributed by atoms with Crippen molar-refractivity contribution < 1.29 is 9.53 Å². The Hall–Kier alpha value is -3.33. The van der Waals surface area contributed by atoms with Crippen molar-refractivity contribution in [3.63, 3.8) is 0 Å². The Morgan fingerprint density at radius 3 is 2.66 bits per heavy atom. The summed E-state index contributed by atoms with van der Waals surface area (Å²) in [6.07, 6.45) is 1.42. The van der Waals surface area contributed by atoms with Crippen LogP contribution in [0.1, 0.15) is 12.5 Å². The fraction of sp³-hybridized carbons (Fsp3) is 0.120. The number of amides is 1. The molecule has 10 heteroatoms. The molecule has 1 heterocycles. The third kappa shape index (κ3) is 5.85. The van der Waals surface area contributed by atoms with Crippen LogP contribution in [-0.2, 0) is 4.79 Å². The average Bonchev–Trinajstić information content (AvgIpc) is 2.86. The second-order valence-corrected chi connectivity index (χ2v) is 8.93. The summed E-state index contributed by atoms with van der Waals surface area (Å²) in [7, 11) is 0. The number of nitrogens with one attached hydrogen (secondary N) is 1. The minimum absolute atomic E-state index is 0.0115. The third-order valence-electron chi connectivity index (χ3n) is 4.86. The Bertz CT molecular complexity index is 1460. The Balaban J connectivity index is 1.56. The van der Waals surface area contributed by atoms with Crippen LogP contribution in [0.2, 0.25) is 10.0 Å². The summed E-state index contributed by atoms with van der Waals surface area (Å²) >= 11 is 13.3. The van der Waals surface area contributed by atoms with Crippen LogP contribution < -0.4 is 15.7 Å². The number of fused-ring (bicyclic) bond motifs is 1. The summed E-state index contributed by atoms with van der Waals surface area (Å²) in [6.45, 7) is 2.44. The molecule has 0 unspecified atom stereocenters. The van der Waals surface area contributed by atoms with Crippen molar-refractivity contribution in [1.29, 1.82) is 0 Å². The summed E-state index contributed by atoms with van der Waals surface area (Å²) in [5.74, 6) is 0.317. The molecule has 0 aliphatic carbocycles. The standard InChI is InChI=1S/C25H20Cl2N4O3S/c1-2-34-18-12-10-17(11-13-18)31-24(33)19-7-3-4-9-21(19)29-25(31)35-15-22(32)30-28-14-16-6-5-8-20(26)23(16)27/h3-14H,2,15H2,1H3,(H,30,32). The molecule has 0 bridgehead atoms. The minimum atomic E-state index is -0.370. The largest absolute Gasteiger partial charge is 0.494 e. The predicted octanol–water partition coefficient (Wildman–Crippen LogP) is 5.33. The number of rotatable bonds is 8. The molecule has 3 aromatic carbocycles. The molecule has 0 atom stereocenters. The first kappa shape index (κ1) is 24.8. The van der Waals surface area contributed by atoms with Gasteiger partial charge in [0.15, 0.2) is 5.16 Å². The van der Waals surface area contributed by atoms with Crippen molar-refractivity contribution in [2.45, 2.75) is 12.1 Å². The highest BCUT2D eigenvalue weighted by molar-refractivity contribution is 7.99. The first-order valence-electron chi connectivity index (χ1n) is 10.6. The molecule has 35 heavy (non-hydrogen) atoms. The first-order valence-corrected chi connectivity index (χ1v) is 12.4. The molecule has 0 fully saturated rings. The quantitative estimate of drug-likeness (QED) is 0.145. The number of hydrazone groups is 1. The van der Waals surface area contributed by atoms with Gasteiger partial charge in [0, 0.05) is 5.56 Å². The smallest absolute Gasteiger partial charge is 0.266 e. The lowest BCUT2D eigenvalue weighted by molar-refractivity contribution is -0.118. The van der Waals surface area contributed by atoms with E-state index in [2.05, 4.69) is 15.5 Å². The van der Waals surface area contributed by atoms with E-state index in [1.54, 1.807) is 60.7 Å². The molecule has 0 radical (unpaired) electrons. The normalized spacial score (nSPS) is 11.2. The topological polar surface area (TPSA) is 85.6 Å². The van der Waals surface area contributed by atoms with Gasteiger partial charge >= 0.3 is 0 Å². The Kier molecular flexibility index (Phi) is 8.07. The predicted molar refractivity (Wildman–Crippen MR) is 141 cm³/mol. The number of hydrogen-bond donors (Lipinski definition) is 1. The van der Waals surface area contributed by atoms with Crippen LogP contribution >= 0.6 is 35.0 Å². The van der Waals surface area contributed by atoms with Gasteiger partial charge in [0.2, 0.25) is 0 Å². The Morgan fingerprint density at radius 1 is 1.11 bits per heavy atom. The molecule has 4 rings (SSSR count). The van der Waals surface area contributed by atoms with E-state index in [9.17, 15) is 9.59 Å². The van der Waals surface area contributed by atoms with Crippen LogP contribution in [0, 0.1) is 0 Å². The third-order valence-corrected chi connectivity index (χ3v) is 6.63. The van der Waals surface area contributed by atoms with Crippen molar-refractivity contribution in [3.05, 3.63) is 92.7 Å². The van der Waals surface area contributed by atoms with E-state index in [1.165, 1.54) is 10.8 Å². The van der Waals surface area contributed by atoms with Gasteiger partial charge in [-0.25, -0.2) is 10.4 Å². The molecule has 0 spiro atoms. The number of benzene rings is 3. The molecule has 1 aromatic heterocycles. The molecule has 0 saturated carbocycles. The molecule has 7 nitrogen and oxygen atoms in total. The lowest BCUT2D eigenvalue weighted by Crippen LogP contribution is -2.24. The zero-order valence-electron chi connectivity index (χ0n) is 18.6. The van der Waals surface area contributed by atoms with Crippen molar-refractivity contribution in [1.82, 2.24) is 15.0 Å². The average molecular weight is 527 g/mol. The molecule has 0 aliphatic heterocycles. The zero-order valence-corrected chi connectivity index (χ0v) is 20.9. The van der Waals surface area contributed by atoms with Gasteiger partial charge in [-0.2, -0.15) is 5.10 Å². The van der Waals surface area contributed by atoms with Gasteiger partial charge in [0.25, 0.3) is 11.5 Å². The number of hydrogen-bond acceptors (Lipinski definition) is 6. The second kappa shape index (κ2) is 11.4. The van der Waals surface area contributed by atoms with Crippen LogP contribution in [0.25, 0.3) is 16.6 Å². The van der Waals surface area contributed by atoms with Crippen LogP contribution in [-0.4, -0.2) is 34.0 Å². The van der Waals surface area contributed by atoms with Gasteiger partial charge in [-0.3, -0.25) is 14.2 Å². The maximum Gasteiger partial charge on any atom is 0.266 e. The fourth-order valence-corrected chi connectivity index (χ4v) is 4.41. The van der Waals surface area contributed by atoms with E-state index >= 15 is 0 Å². The number of carbonyl (C=O) groups is 1. The van der Waals surface area contributed by atoms with Crippen molar-refractivity contribution in [2.75, 3.05) is 12.4 Å². The van der Waals surface area contributed by atoms with Gasteiger partial charge in [0.1, 0.15) is 5.75 Å². The van der Waals surface area contributed by atoms with Gasteiger partial charge in [-0.15, -0.1) is 0 Å². The van der Waals surface area contributed by atoms with Gasteiger partial charge in [-0.05, 0) is 49.4 Å². The maximum atomic E-state index is 13.3. The first-order chi connectivity index (χ1) is 17.0. The van der Waals surface area contributed by atoms with E-state index in [4.69, 9.17) is 27.9 Å². The molecular weight excluding hydrogens is 507 g/mol. The van der Waals surface area contributed by atoms with Crippen molar-refractivity contribution in [2.24, 2.45) is 5.10 Å². The van der Waals surface area contributed by atoms with Crippen LogP contribution in [0.15, 0.2) is 81.8 Å². The van der Waals surface area contributed by atoms with Gasteiger partial charge < -0.3 is 4.74 Å². The molecule has 0 aliphatic rings. The summed E-state index contributed by atoms with van der Waals surface area (Å²) in [6, 6.07) is 19.4. The highest BCUT2D eigenvalue weighted by Crippen LogP contribution is 2.25. The molecule has 1 N–H and O–H groups in total. The maximum absolute atomic E-state index is 13.3. The number of nitrogens with zero attached hydrogens (tertiary/aromatic N) is 3. The monoisotopic (exact) mass is 526 g/mol. The number of halogens is 2. The lowest BCUT2D eigenvalue weighted by atomic mass is 10.2. The highest BCUT2D eigenvalue weighted by atomic mass is 35.5. The fourth-order valence-electron chi connectivity index (χ4n) is 3.25. The molecule has 4 aromatic rings. The molecule has 1 amide bonds. The summed E-state index contributed by atoms with van der Waals surface area (Å²) < 4.78 is 6.99. The van der Waals surface area contributed by atoms with Gasteiger partial charge in [0.05, 0.1) is 45.2 Å². The Morgan fingerprint density at radius 2 is 1.89 bits per heavy atom. The summed E-state index contributed by atoms with van der Waals surface area (Å²) in [5, 5.41) is 5.56. The number of para-hydroxylation sites is 1.